The van der Waals surface area contributed by atoms with Gasteiger partial charge in [0.25, 0.3) is 0 Å². The van der Waals surface area contributed by atoms with Crippen molar-refractivity contribution in [2.75, 3.05) is 5.75 Å². The predicted molar refractivity (Wildman–Crippen MR) is 105 cm³/mol. The van der Waals surface area contributed by atoms with Gasteiger partial charge in [-0.25, -0.2) is 0 Å². The van der Waals surface area contributed by atoms with Crippen molar-refractivity contribution < 1.29 is 0 Å². The highest BCUT2D eigenvalue weighted by Gasteiger charge is 2.23. The lowest BCUT2D eigenvalue weighted by Gasteiger charge is -2.14. The highest BCUT2D eigenvalue weighted by molar-refractivity contribution is 7.99. The Bertz CT molecular complexity index is 998. The van der Waals surface area contributed by atoms with Gasteiger partial charge in [0.2, 0.25) is 5.16 Å². The molecule has 4 rings (SSSR count). The van der Waals surface area contributed by atoms with E-state index in [0.29, 0.717) is 42.4 Å². The number of hydrogen-bond donors (Lipinski definition) is 0. The molecule has 1 aromatic heterocycles. The third-order valence-electron chi connectivity index (χ3n) is 3.58. The summed E-state index contributed by atoms with van der Waals surface area (Å²) in [6.07, 6.45) is 0. The van der Waals surface area contributed by atoms with Crippen LogP contribution in [-0.2, 0) is 0 Å². The average molecular weight is 430 g/mol. The van der Waals surface area contributed by atoms with E-state index >= 15 is 0 Å². The van der Waals surface area contributed by atoms with Gasteiger partial charge in [0.05, 0.1) is 15.8 Å². The van der Waals surface area contributed by atoms with Gasteiger partial charge in [-0.05, 0) is 29.8 Å². The maximum Gasteiger partial charge on any atom is 0.212 e. The van der Waals surface area contributed by atoms with Gasteiger partial charge in [0, 0.05) is 21.4 Å². The second-order valence-corrected chi connectivity index (χ2v) is 7.81. The molecular weight excluding hydrogens is 422 g/mol. The average Bonchev–Trinajstić information content (AvgIpc) is 3.02. The number of rotatable bonds is 2. The van der Waals surface area contributed by atoms with Gasteiger partial charge in [-0.15, -0.1) is 10.2 Å². The second kappa shape index (κ2) is 6.82. The molecule has 0 unspecified atom stereocenters. The van der Waals surface area contributed by atoms with Crippen LogP contribution in [0, 0.1) is 0 Å². The molecule has 25 heavy (non-hydrogen) atoms. The van der Waals surface area contributed by atoms with Crippen LogP contribution in [-0.4, -0.2) is 26.3 Å². The summed E-state index contributed by atoms with van der Waals surface area (Å²) in [5.74, 6) is 1.17. The van der Waals surface area contributed by atoms with Crippen molar-refractivity contribution in [1.82, 2.24) is 14.9 Å². The monoisotopic (exact) mass is 428 g/mol. The molecule has 126 valence electrons. The van der Waals surface area contributed by atoms with Crippen LogP contribution in [0.2, 0.25) is 20.1 Å². The summed E-state index contributed by atoms with van der Waals surface area (Å²) < 4.78 is 1.66. The van der Waals surface area contributed by atoms with E-state index in [2.05, 4.69) is 15.3 Å². The number of hydrogen-bond acceptors (Lipinski definition) is 4. The van der Waals surface area contributed by atoms with E-state index in [0.717, 1.165) is 11.3 Å². The molecule has 0 fully saturated rings. The molecular formula is C16H8Cl4N4S. The molecule has 0 atom stereocenters. The molecule has 0 amide bonds. The van der Waals surface area contributed by atoms with Crippen LogP contribution in [0.1, 0.15) is 5.56 Å². The topological polar surface area (TPSA) is 43.1 Å². The summed E-state index contributed by atoms with van der Waals surface area (Å²) >= 11 is 26.1. The molecule has 0 spiro atoms. The highest BCUT2D eigenvalue weighted by Crippen LogP contribution is 2.37. The largest absolute Gasteiger partial charge is 0.212 e. The van der Waals surface area contributed by atoms with Crippen molar-refractivity contribution >= 4 is 63.9 Å². The van der Waals surface area contributed by atoms with Crippen LogP contribution in [0.25, 0.3) is 11.4 Å². The van der Waals surface area contributed by atoms with Gasteiger partial charge in [-0.3, -0.25) is 0 Å². The predicted octanol–water partition coefficient (Wildman–Crippen LogP) is 5.92. The normalized spacial score (nSPS) is 13.5. The van der Waals surface area contributed by atoms with E-state index < -0.39 is 0 Å². The number of halogens is 4. The first-order chi connectivity index (χ1) is 12.0. The van der Waals surface area contributed by atoms with Crippen molar-refractivity contribution in [3.8, 4) is 11.4 Å². The fourth-order valence-corrected chi connectivity index (χ4v) is 4.05. The van der Waals surface area contributed by atoms with Crippen LogP contribution in [0.15, 0.2) is 46.7 Å². The second-order valence-electron chi connectivity index (χ2n) is 5.21. The third-order valence-corrected chi connectivity index (χ3v) is 5.78. The first-order valence-corrected chi connectivity index (χ1v) is 9.59. The van der Waals surface area contributed by atoms with Crippen LogP contribution < -0.4 is 0 Å². The zero-order valence-corrected chi connectivity index (χ0v) is 16.2. The van der Waals surface area contributed by atoms with E-state index in [1.54, 1.807) is 28.6 Å². The lowest BCUT2D eigenvalue weighted by molar-refractivity contribution is 0.762. The van der Waals surface area contributed by atoms with Crippen molar-refractivity contribution in [3.05, 3.63) is 62.1 Å². The van der Waals surface area contributed by atoms with Crippen molar-refractivity contribution in [2.45, 2.75) is 5.16 Å². The lowest BCUT2D eigenvalue weighted by Crippen LogP contribution is -2.13. The zero-order chi connectivity index (χ0) is 17.6. The minimum atomic E-state index is 0.354. The number of benzene rings is 2. The summed E-state index contributed by atoms with van der Waals surface area (Å²) in [4.78, 5) is 0. The summed E-state index contributed by atoms with van der Waals surface area (Å²) in [6.45, 7) is 0. The fraction of sp³-hybridized carbons (Fsp3) is 0.0625. The molecule has 0 saturated heterocycles. The lowest BCUT2D eigenvalue weighted by atomic mass is 10.1. The molecule has 0 aliphatic carbocycles. The molecule has 2 heterocycles. The molecule has 1 aliphatic heterocycles. The SMILES string of the molecule is Clc1ccc(C2=Nn3c(nnc3-c3cc(Cl)cc(Cl)c3Cl)SC2)cc1. The molecule has 0 N–H and O–H groups in total. The van der Waals surface area contributed by atoms with E-state index in [4.69, 9.17) is 46.4 Å². The number of aromatic nitrogens is 3. The van der Waals surface area contributed by atoms with E-state index in [9.17, 15) is 0 Å². The van der Waals surface area contributed by atoms with Crippen LogP contribution >= 0.6 is 58.2 Å². The van der Waals surface area contributed by atoms with Gasteiger partial charge in [-0.1, -0.05) is 70.3 Å². The van der Waals surface area contributed by atoms with Gasteiger partial charge in [0.15, 0.2) is 5.82 Å². The van der Waals surface area contributed by atoms with Gasteiger partial charge in [-0.2, -0.15) is 9.78 Å². The Labute approximate surface area is 167 Å². The van der Waals surface area contributed by atoms with E-state index in [1.165, 1.54) is 0 Å². The smallest absolute Gasteiger partial charge is 0.186 e. The first-order valence-electron chi connectivity index (χ1n) is 7.10. The van der Waals surface area contributed by atoms with Crippen molar-refractivity contribution in [2.24, 2.45) is 5.10 Å². The summed E-state index contributed by atoms with van der Waals surface area (Å²) in [7, 11) is 0. The van der Waals surface area contributed by atoms with Gasteiger partial charge < -0.3 is 0 Å². The Hall–Kier alpha value is -1.24. The minimum Gasteiger partial charge on any atom is -0.186 e. The summed E-state index contributed by atoms with van der Waals surface area (Å²) in [5.41, 5.74) is 2.46. The summed E-state index contributed by atoms with van der Waals surface area (Å²) in [6, 6.07) is 10.8. The number of nitrogens with zero attached hydrogens (tertiary/aromatic N) is 4. The molecule has 3 aromatic rings. The zero-order valence-electron chi connectivity index (χ0n) is 12.4. The summed E-state index contributed by atoms with van der Waals surface area (Å²) in [5, 5.41) is 15.6. The first kappa shape index (κ1) is 17.2. The Morgan fingerprint density at radius 2 is 1.68 bits per heavy atom. The van der Waals surface area contributed by atoms with Gasteiger partial charge >= 0.3 is 0 Å². The van der Waals surface area contributed by atoms with E-state index in [1.807, 2.05) is 24.3 Å². The maximum absolute atomic E-state index is 6.33. The fourth-order valence-electron chi connectivity index (χ4n) is 2.40. The standard InChI is InChI=1S/C16H8Cl4N4S/c17-9-3-1-8(2-4-9)13-7-25-16-22-21-15(24(16)23-13)11-5-10(18)6-12(19)14(11)20/h1-6H,7H2. The third kappa shape index (κ3) is 3.27. The maximum atomic E-state index is 6.33. The van der Waals surface area contributed by atoms with Crippen LogP contribution in [0.4, 0.5) is 0 Å². The molecule has 9 heteroatoms. The van der Waals surface area contributed by atoms with E-state index in [-0.39, 0.29) is 0 Å². The Kier molecular flexibility index (Phi) is 4.69. The Morgan fingerprint density at radius 1 is 0.920 bits per heavy atom. The van der Waals surface area contributed by atoms with Gasteiger partial charge in [0.1, 0.15) is 0 Å². The minimum absolute atomic E-state index is 0.354. The molecule has 1 aliphatic rings. The molecule has 4 nitrogen and oxygen atoms in total. The Balaban J connectivity index is 1.84. The number of fused-ring (bicyclic) bond motifs is 1. The number of thioether (sulfide) groups is 1. The molecule has 0 bridgehead atoms. The van der Waals surface area contributed by atoms with Crippen LogP contribution in [0.5, 0.6) is 0 Å². The van der Waals surface area contributed by atoms with Crippen molar-refractivity contribution in [3.63, 3.8) is 0 Å². The molecule has 0 radical (unpaired) electrons. The molecule has 2 aromatic carbocycles. The Morgan fingerprint density at radius 3 is 2.44 bits per heavy atom. The molecule has 0 saturated carbocycles. The quantitative estimate of drug-likeness (QED) is 0.475. The van der Waals surface area contributed by atoms with Crippen molar-refractivity contribution in [1.29, 1.82) is 0 Å². The van der Waals surface area contributed by atoms with Crippen LogP contribution in [0.3, 0.4) is 0 Å². The highest BCUT2D eigenvalue weighted by atomic mass is 35.5.